The van der Waals surface area contributed by atoms with Gasteiger partial charge in [-0.25, -0.2) is 0 Å². The summed E-state index contributed by atoms with van der Waals surface area (Å²) in [6.07, 6.45) is 3.27. The molecule has 0 bridgehead atoms. The van der Waals surface area contributed by atoms with Crippen molar-refractivity contribution in [3.05, 3.63) is 90.3 Å². The van der Waals surface area contributed by atoms with E-state index in [9.17, 15) is 4.79 Å². The van der Waals surface area contributed by atoms with Crippen LogP contribution >= 0.6 is 0 Å². The molecular weight excluding hydrogens is 288 g/mol. The van der Waals surface area contributed by atoms with E-state index in [0.717, 1.165) is 11.3 Å². The van der Waals surface area contributed by atoms with Crippen LogP contribution in [0.15, 0.2) is 79.1 Å². The van der Waals surface area contributed by atoms with Crippen LogP contribution in [-0.2, 0) is 6.61 Å². The molecule has 0 unspecified atom stereocenters. The van der Waals surface area contributed by atoms with E-state index in [4.69, 9.17) is 4.74 Å². The van der Waals surface area contributed by atoms with Gasteiger partial charge in [0, 0.05) is 11.8 Å². The van der Waals surface area contributed by atoms with E-state index in [0.29, 0.717) is 17.9 Å². The zero-order valence-corrected chi connectivity index (χ0v) is 12.5. The molecule has 0 aliphatic rings. The van der Waals surface area contributed by atoms with E-state index < -0.39 is 0 Å². The number of hydrogen-bond donors (Lipinski definition) is 1. The van der Waals surface area contributed by atoms with Crippen LogP contribution in [-0.4, -0.2) is 10.9 Å². The lowest BCUT2D eigenvalue weighted by molar-refractivity contribution is 0.102. The zero-order chi connectivity index (χ0) is 15.9. The average molecular weight is 304 g/mol. The third-order valence-corrected chi connectivity index (χ3v) is 3.28. The van der Waals surface area contributed by atoms with Gasteiger partial charge < -0.3 is 10.1 Å². The normalized spacial score (nSPS) is 10.1. The van der Waals surface area contributed by atoms with E-state index in [-0.39, 0.29) is 5.91 Å². The minimum Gasteiger partial charge on any atom is -0.489 e. The molecule has 0 saturated heterocycles. The molecule has 0 aliphatic carbocycles. The predicted molar refractivity (Wildman–Crippen MR) is 89.4 cm³/mol. The van der Waals surface area contributed by atoms with Crippen LogP contribution in [0.2, 0.25) is 0 Å². The lowest BCUT2D eigenvalue weighted by Gasteiger charge is -2.07. The molecule has 23 heavy (non-hydrogen) atoms. The second-order valence-corrected chi connectivity index (χ2v) is 4.99. The fourth-order valence-corrected chi connectivity index (χ4v) is 2.08. The van der Waals surface area contributed by atoms with Crippen LogP contribution in [0, 0.1) is 0 Å². The topological polar surface area (TPSA) is 51.2 Å². The van der Waals surface area contributed by atoms with Crippen molar-refractivity contribution in [2.75, 3.05) is 5.32 Å². The second-order valence-electron chi connectivity index (χ2n) is 4.99. The third kappa shape index (κ3) is 4.17. The molecule has 1 N–H and O–H groups in total. The molecule has 0 atom stereocenters. The zero-order valence-electron chi connectivity index (χ0n) is 12.5. The van der Waals surface area contributed by atoms with Gasteiger partial charge in [0.25, 0.3) is 5.91 Å². The van der Waals surface area contributed by atoms with Crippen molar-refractivity contribution >= 4 is 11.6 Å². The minimum absolute atomic E-state index is 0.159. The number of carbonyl (C=O) groups excluding carboxylic acids is 1. The fraction of sp³-hybridized carbons (Fsp3) is 0.0526. The number of nitrogens with zero attached hydrogens (tertiary/aromatic N) is 1. The Balaban J connectivity index is 1.59. The first-order valence-electron chi connectivity index (χ1n) is 7.29. The number of carbonyl (C=O) groups is 1. The highest BCUT2D eigenvalue weighted by molar-refractivity contribution is 6.04. The highest BCUT2D eigenvalue weighted by atomic mass is 16.5. The van der Waals surface area contributed by atoms with Gasteiger partial charge in [-0.15, -0.1) is 0 Å². The maximum atomic E-state index is 12.1. The summed E-state index contributed by atoms with van der Waals surface area (Å²) in [6.45, 7) is 0.467. The van der Waals surface area contributed by atoms with Gasteiger partial charge in [-0.2, -0.15) is 0 Å². The maximum Gasteiger partial charge on any atom is 0.255 e. The number of benzene rings is 2. The Hall–Kier alpha value is -3.14. The summed E-state index contributed by atoms with van der Waals surface area (Å²) < 4.78 is 5.68. The third-order valence-electron chi connectivity index (χ3n) is 3.28. The molecule has 0 aliphatic heterocycles. The van der Waals surface area contributed by atoms with Gasteiger partial charge in [-0.1, -0.05) is 30.3 Å². The standard InChI is InChI=1S/C19H16N2O2/c22-19(21-17-5-4-12-20-13-17)16-10-8-15(9-11-16)14-23-18-6-2-1-3-7-18/h1-13H,14H2,(H,21,22). The van der Waals surface area contributed by atoms with E-state index in [1.54, 1.807) is 36.7 Å². The Morgan fingerprint density at radius 3 is 2.43 bits per heavy atom. The Kier molecular flexibility index (Phi) is 4.64. The van der Waals surface area contributed by atoms with Crippen molar-refractivity contribution < 1.29 is 9.53 Å². The Morgan fingerprint density at radius 2 is 1.74 bits per heavy atom. The molecule has 3 aromatic rings. The molecular formula is C19H16N2O2. The summed E-state index contributed by atoms with van der Waals surface area (Å²) in [5, 5.41) is 2.80. The highest BCUT2D eigenvalue weighted by Crippen LogP contribution is 2.13. The van der Waals surface area contributed by atoms with Crippen molar-refractivity contribution in [1.82, 2.24) is 4.98 Å². The molecule has 1 heterocycles. The van der Waals surface area contributed by atoms with Gasteiger partial charge in [0.15, 0.2) is 0 Å². The Morgan fingerprint density at radius 1 is 0.957 bits per heavy atom. The van der Waals surface area contributed by atoms with Gasteiger partial charge >= 0.3 is 0 Å². The summed E-state index contributed by atoms with van der Waals surface area (Å²) in [5.41, 5.74) is 2.28. The molecule has 4 heteroatoms. The summed E-state index contributed by atoms with van der Waals surface area (Å²) in [6, 6.07) is 20.6. The van der Waals surface area contributed by atoms with E-state index in [1.807, 2.05) is 42.5 Å². The van der Waals surface area contributed by atoms with Crippen molar-refractivity contribution in [1.29, 1.82) is 0 Å². The lowest BCUT2D eigenvalue weighted by atomic mass is 10.1. The van der Waals surface area contributed by atoms with Crippen molar-refractivity contribution in [2.45, 2.75) is 6.61 Å². The Labute approximate surface area is 134 Å². The van der Waals surface area contributed by atoms with E-state index in [2.05, 4.69) is 10.3 Å². The van der Waals surface area contributed by atoms with Crippen LogP contribution < -0.4 is 10.1 Å². The number of rotatable bonds is 5. The van der Waals surface area contributed by atoms with Gasteiger partial charge in [0.05, 0.1) is 11.9 Å². The second kappa shape index (κ2) is 7.22. The van der Waals surface area contributed by atoms with Crippen molar-refractivity contribution in [3.63, 3.8) is 0 Å². The van der Waals surface area contributed by atoms with Crippen molar-refractivity contribution in [2.24, 2.45) is 0 Å². The highest BCUT2D eigenvalue weighted by Gasteiger charge is 2.06. The van der Waals surface area contributed by atoms with E-state index >= 15 is 0 Å². The van der Waals surface area contributed by atoms with Gasteiger partial charge in [0.2, 0.25) is 0 Å². The van der Waals surface area contributed by atoms with E-state index in [1.165, 1.54) is 0 Å². The molecule has 114 valence electrons. The lowest BCUT2D eigenvalue weighted by Crippen LogP contribution is -2.12. The molecule has 1 aromatic heterocycles. The SMILES string of the molecule is O=C(Nc1cccnc1)c1ccc(COc2ccccc2)cc1. The molecule has 3 rings (SSSR count). The van der Waals surface area contributed by atoms with Crippen molar-refractivity contribution in [3.8, 4) is 5.75 Å². The molecule has 4 nitrogen and oxygen atoms in total. The molecule has 0 fully saturated rings. The first kappa shape index (κ1) is 14.8. The maximum absolute atomic E-state index is 12.1. The average Bonchev–Trinajstić information content (AvgIpc) is 2.62. The number of amides is 1. The molecule has 2 aromatic carbocycles. The predicted octanol–water partition coefficient (Wildman–Crippen LogP) is 3.91. The van der Waals surface area contributed by atoms with Crippen LogP contribution in [0.4, 0.5) is 5.69 Å². The first-order chi connectivity index (χ1) is 11.3. The summed E-state index contributed by atoms with van der Waals surface area (Å²) >= 11 is 0. The number of anilines is 1. The minimum atomic E-state index is -0.159. The van der Waals surface area contributed by atoms with Crippen LogP contribution in [0.1, 0.15) is 15.9 Å². The number of para-hydroxylation sites is 1. The quantitative estimate of drug-likeness (QED) is 0.777. The molecule has 0 radical (unpaired) electrons. The van der Waals surface area contributed by atoms with Gasteiger partial charge in [0.1, 0.15) is 12.4 Å². The number of hydrogen-bond acceptors (Lipinski definition) is 3. The van der Waals surface area contributed by atoms with Gasteiger partial charge in [-0.05, 0) is 42.0 Å². The number of ether oxygens (including phenoxy) is 1. The first-order valence-corrected chi connectivity index (χ1v) is 7.29. The fourth-order valence-electron chi connectivity index (χ4n) is 2.08. The summed E-state index contributed by atoms with van der Waals surface area (Å²) in [7, 11) is 0. The van der Waals surface area contributed by atoms with Crippen LogP contribution in [0.5, 0.6) is 5.75 Å². The molecule has 1 amide bonds. The van der Waals surface area contributed by atoms with Crippen LogP contribution in [0.25, 0.3) is 0 Å². The number of aromatic nitrogens is 1. The largest absolute Gasteiger partial charge is 0.489 e. The summed E-state index contributed by atoms with van der Waals surface area (Å²) in [4.78, 5) is 16.1. The molecule has 0 saturated carbocycles. The Bertz CT molecular complexity index is 756. The summed E-state index contributed by atoms with van der Waals surface area (Å²) in [5.74, 6) is 0.666. The number of nitrogens with one attached hydrogen (secondary N) is 1. The smallest absolute Gasteiger partial charge is 0.255 e. The monoisotopic (exact) mass is 304 g/mol. The molecule has 0 spiro atoms. The number of pyridine rings is 1. The van der Waals surface area contributed by atoms with Gasteiger partial charge in [-0.3, -0.25) is 9.78 Å². The van der Waals surface area contributed by atoms with Crippen LogP contribution in [0.3, 0.4) is 0 Å².